The Morgan fingerprint density at radius 1 is 1.15 bits per heavy atom. The molecular formula is C15H15N3OS. The van der Waals surface area contributed by atoms with Crippen molar-refractivity contribution in [3.8, 4) is 11.4 Å². The van der Waals surface area contributed by atoms with Crippen molar-refractivity contribution in [3.63, 3.8) is 0 Å². The van der Waals surface area contributed by atoms with Crippen LogP contribution in [0.1, 0.15) is 17.0 Å². The van der Waals surface area contributed by atoms with E-state index in [1.165, 1.54) is 11.1 Å². The molecule has 2 heterocycles. The van der Waals surface area contributed by atoms with Gasteiger partial charge in [0.1, 0.15) is 0 Å². The van der Waals surface area contributed by atoms with Crippen LogP contribution in [0.4, 0.5) is 5.69 Å². The van der Waals surface area contributed by atoms with E-state index in [2.05, 4.69) is 22.4 Å². The first kappa shape index (κ1) is 12.9. The zero-order valence-electron chi connectivity index (χ0n) is 11.2. The maximum Gasteiger partial charge on any atom is 0.227 e. The lowest BCUT2D eigenvalue weighted by atomic mass is 10.1. The van der Waals surface area contributed by atoms with E-state index in [0.717, 1.165) is 24.1 Å². The van der Waals surface area contributed by atoms with Crippen LogP contribution in [0, 0.1) is 6.92 Å². The number of thiophene rings is 1. The number of hydrogen-bond donors (Lipinski definition) is 1. The molecule has 0 bridgehead atoms. The molecule has 3 rings (SSSR count). The zero-order chi connectivity index (χ0) is 13.9. The Hall–Kier alpha value is -2.14. The van der Waals surface area contributed by atoms with Gasteiger partial charge in [0.15, 0.2) is 0 Å². The highest BCUT2D eigenvalue weighted by Gasteiger charge is 2.11. The molecule has 1 aromatic carbocycles. The fourth-order valence-electron chi connectivity index (χ4n) is 1.99. The van der Waals surface area contributed by atoms with Crippen molar-refractivity contribution in [3.05, 3.63) is 52.0 Å². The molecule has 2 aromatic heterocycles. The summed E-state index contributed by atoms with van der Waals surface area (Å²) in [5.41, 5.74) is 9.89. The number of nitrogens with two attached hydrogens (primary N) is 1. The van der Waals surface area contributed by atoms with Crippen LogP contribution in [0.25, 0.3) is 11.4 Å². The van der Waals surface area contributed by atoms with Crippen LogP contribution in [0.15, 0.2) is 39.5 Å². The van der Waals surface area contributed by atoms with E-state index >= 15 is 0 Å². The molecule has 0 saturated heterocycles. The fraction of sp³-hybridized carbons (Fsp3) is 0.200. The van der Waals surface area contributed by atoms with E-state index in [1.807, 2.05) is 29.6 Å². The van der Waals surface area contributed by atoms with E-state index < -0.39 is 0 Å². The van der Waals surface area contributed by atoms with E-state index in [1.54, 1.807) is 11.3 Å². The maximum absolute atomic E-state index is 5.67. The number of aryl methyl sites for hydroxylation is 3. The van der Waals surface area contributed by atoms with Crippen molar-refractivity contribution in [1.82, 2.24) is 10.1 Å². The number of anilines is 1. The van der Waals surface area contributed by atoms with Crippen molar-refractivity contribution in [1.29, 1.82) is 0 Å². The highest BCUT2D eigenvalue weighted by molar-refractivity contribution is 7.08. The number of benzene rings is 1. The molecule has 0 aliphatic rings. The summed E-state index contributed by atoms with van der Waals surface area (Å²) < 4.78 is 5.31. The van der Waals surface area contributed by atoms with Gasteiger partial charge in [-0.25, -0.2) is 0 Å². The van der Waals surface area contributed by atoms with Crippen LogP contribution < -0.4 is 5.73 Å². The number of aromatic nitrogens is 2. The zero-order valence-corrected chi connectivity index (χ0v) is 12.0. The molecule has 3 aromatic rings. The molecule has 5 heteroatoms. The third kappa shape index (κ3) is 2.72. The molecular weight excluding hydrogens is 270 g/mol. The second-order valence-corrected chi connectivity index (χ2v) is 5.47. The van der Waals surface area contributed by atoms with Crippen LogP contribution in [0.2, 0.25) is 0 Å². The van der Waals surface area contributed by atoms with Crippen LogP contribution >= 0.6 is 11.3 Å². The minimum Gasteiger partial charge on any atom is -0.399 e. The summed E-state index contributed by atoms with van der Waals surface area (Å²) >= 11 is 1.65. The van der Waals surface area contributed by atoms with Crippen LogP contribution in [0.5, 0.6) is 0 Å². The normalized spacial score (nSPS) is 10.8. The SMILES string of the molecule is Cc1cscc1-c1noc(CCc2ccc(N)cc2)n1. The molecule has 4 nitrogen and oxygen atoms in total. The van der Waals surface area contributed by atoms with Gasteiger partial charge in [-0.1, -0.05) is 17.3 Å². The number of nitrogens with zero attached hydrogens (tertiary/aromatic N) is 2. The molecule has 0 aliphatic heterocycles. The summed E-state index contributed by atoms with van der Waals surface area (Å²) in [6, 6.07) is 7.86. The lowest BCUT2D eigenvalue weighted by Crippen LogP contribution is -1.92. The first-order chi connectivity index (χ1) is 9.72. The molecule has 0 saturated carbocycles. The molecule has 0 aliphatic carbocycles. The van der Waals surface area contributed by atoms with E-state index in [9.17, 15) is 0 Å². The lowest BCUT2D eigenvalue weighted by Gasteiger charge is -1.98. The molecule has 0 atom stereocenters. The Labute approximate surface area is 121 Å². The smallest absolute Gasteiger partial charge is 0.227 e. The van der Waals surface area contributed by atoms with E-state index in [-0.39, 0.29) is 0 Å². The topological polar surface area (TPSA) is 64.9 Å². The van der Waals surface area contributed by atoms with Gasteiger partial charge < -0.3 is 10.3 Å². The second-order valence-electron chi connectivity index (χ2n) is 4.72. The van der Waals surface area contributed by atoms with Crippen molar-refractivity contribution >= 4 is 17.0 Å². The molecule has 0 unspecified atom stereocenters. The van der Waals surface area contributed by atoms with Crippen molar-refractivity contribution in [2.45, 2.75) is 19.8 Å². The molecule has 20 heavy (non-hydrogen) atoms. The van der Waals surface area contributed by atoms with Gasteiger partial charge in [0, 0.05) is 23.1 Å². The third-order valence-corrected chi connectivity index (χ3v) is 4.03. The number of rotatable bonds is 4. The first-order valence-corrected chi connectivity index (χ1v) is 7.37. The van der Waals surface area contributed by atoms with Crippen molar-refractivity contribution in [2.75, 3.05) is 5.73 Å². The Kier molecular flexibility index (Phi) is 3.52. The van der Waals surface area contributed by atoms with Crippen LogP contribution in [0.3, 0.4) is 0 Å². The standard InChI is InChI=1S/C15H15N3OS/c1-10-8-20-9-13(10)15-17-14(19-18-15)7-4-11-2-5-12(16)6-3-11/h2-3,5-6,8-9H,4,7,16H2,1H3. The second kappa shape index (κ2) is 5.46. The largest absolute Gasteiger partial charge is 0.399 e. The Balaban J connectivity index is 1.69. The average Bonchev–Trinajstić information content (AvgIpc) is 3.06. The summed E-state index contributed by atoms with van der Waals surface area (Å²) in [5, 5.41) is 8.18. The summed E-state index contributed by atoms with van der Waals surface area (Å²) in [4.78, 5) is 4.45. The minimum absolute atomic E-state index is 0.669. The summed E-state index contributed by atoms with van der Waals surface area (Å²) in [6.45, 7) is 2.05. The third-order valence-electron chi connectivity index (χ3n) is 3.17. The predicted octanol–water partition coefficient (Wildman–Crippen LogP) is 3.47. The fourth-order valence-corrected chi connectivity index (χ4v) is 2.82. The van der Waals surface area contributed by atoms with Crippen molar-refractivity contribution in [2.24, 2.45) is 0 Å². The Bertz CT molecular complexity index is 700. The van der Waals surface area contributed by atoms with Crippen molar-refractivity contribution < 1.29 is 4.52 Å². The highest BCUT2D eigenvalue weighted by Crippen LogP contribution is 2.24. The molecule has 0 radical (unpaired) electrons. The highest BCUT2D eigenvalue weighted by atomic mass is 32.1. The number of nitrogen functional groups attached to an aromatic ring is 1. The molecule has 0 spiro atoms. The molecule has 0 fully saturated rings. The molecule has 102 valence electrons. The lowest BCUT2D eigenvalue weighted by molar-refractivity contribution is 0.379. The van der Waals surface area contributed by atoms with Gasteiger partial charge in [-0.3, -0.25) is 0 Å². The van der Waals surface area contributed by atoms with Gasteiger partial charge in [0.2, 0.25) is 11.7 Å². The number of hydrogen-bond acceptors (Lipinski definition) is 5. The molecule has 2 N–H and O–H groups in total. The van der Waals surface area contributed by atoms with Gasteiger partial charge in [0.25, 0.3) is 0 Å². The average molecular weight is 285 g/mol. The Morgan fingerprint density at radius 3 is 2.65 bits per heavy atom. The van der Waals surface area contributed by atoms with Gasteiger partial charge in [-0.2, -0.15) is 16.3 Å². The first-order valence-electron chi connectivity index (χ1n) is 6.42. The quantitative estimate of drug-likeness (QED) is 0.745. The Morgan fingerprint density at radius 2 is 1.95 bits per heavy atom. The summed E-state index contributed by atoms with van der Waals surface area (Å²) in [7, 11) is 0. The van der Waals surface area contributed by atoms with E-state index in [4.69, 9.17) is 10.3 Å². The maximum atomic E-state index is 5.67. The monoisotopic (exact) mass is 285 g/mol. The summed E-state index contributed by atoms with van der Waals surface area (Å²) in [6.07, 6.45) is 1.60. The van der Waals surface area contributed by atoms with E-state index in [0.29, 0.717) is 11.7 Å². The summed E-state index contributed by atoms with van der Waals surface area (Å²) in [5.74, 6) is 1.35. The van der Waals surface area contributed by atoms with Crippen LogP contribution in [-0.4, -0.2) is 10.1 Å². The van der Waals surface area contributed by atoms with Gasteiger partial charge >= 0.3 is 0 Å². The van der Waals surface area contributed by atoms with Gasteiger partial charge in [-0.05, 0) is 42.0 Å². The van der Waals surface area contributed by atoms with Gasteiger partial charge in [0.05, 0.1) is 0 Å². The van der Waals surface area contributed by atoms with Crippen LogP contribution in [-0.2, 0) is 12.8 Å². The minimum atomic E-state index is 0.669. The van der Waals surface area contributed by atoms with Gasteiger partial charge in [-0.15, -0.1) is 0 Å². The molecule has 0 amide bonds. The predicted molar refractivity (Wildman–Crippen MR) is 80.6 cm³/mol.